The van der Waals surface area contributed by atoms with Crippen molar-refractivity contribution in [2.45, 2.75) is 19.3 Å². The van der Waals surface area contributed by atoms with E-state index in [1.54, 1.807) is 12.4 Å². The summed E-state index contributed by atoms with van der Waals surface area (Å²) in [6, 6.07) is 3.88. The van der Waals surface area contributed by atoms with Gasteiger partial charge < -0.3 is 5.73 Å². The molecule has 1 fully saturated rings. The number of carbonyl (C=O) groups excluding carboxylic acids is 1. The van der Waals surface area contributed by atoms with Crippen LogP contribution < -0.4 is 5.73 Å². The van der Waals surface area contributed by atoms with Gasteiger partial charge in [-0.2, -0.15) is 0 Å². The highest BCUT2D eigenvalue weighted by Gasteiger charge is 2.34. The molecule has 1 heterocycles. The van der Waals surface area contributed by atoms with Crippen molar-refractivity contribution >= 4 is 5.91 Å². The summed E-state index contributed by atoms with van der Waals surface area (Å²) in [4.78, 5) is 15.2. The summed E-state index contributed by atoms with van der Waals surface area (Å²) in [5.74, 6) is 0.364. The molecule has 1 saturated carbocycles. The van der Waals surface area contributed by atoms with Crippen molar-refractivity contribution in [2.75, 3.05) is 0 Å². The van der Waals surface area contributed by atoms with E-state index in [4.69, 9.17) is 5.73 Å². The van der Waals surface area contributed by atoms with Crippen molar-refractivity contribution in [2.24, 2.45) is 17.6 Å². The molecule has 1 amide bonds. The smallest absolute Gasteiger partial charge is 0.221 e. The van der Waals surface area contributed by atoms with Crippen LogP contribution in [-0.4, -0.2) is 10.9 Å². The molecule has 74 valence electrons. The summed E-state index contributed by atoms with van der Waals surface area (Å²) in [5, 5.41) is 0. The lowest BCUT2D eigenvalue weighted by Gasteiger charge is -2.11. The molecule has 1 atom stereocenters. The summed E-state index contributed by atoms with van der Waals surface area (Å²) in [6.07, 6.45) is 6.58. The second-order valence-corrected chi connectivity index (χ2v) is 3.91. The van der Waals surface area contributed by atoms with Gasteiger partial charge in [0.15, 0.2) is 0 Å². The molecule has 0 aromatic carbocycles. The number of pyridine rings is 1. The lowest BCUT2D eigenvalue weighted by molar-refractivity contribution is -0.122. The summed E-state index contributed by atoms with van der Waals surface area (Å²) in [7, 11) is 0. The van der Waals surface area contributed by atoms with Gasteiger partial charge in [0.25, 0.3) is 0 Å². The predicted octanol–water partition coefficient (Wildman–Crippen LogP) is 1.14. The molecule has 0 saturated heterocycles. The van der Waals surface area contributed by atoms with Gasteiger partial charge in [0.05, 0.1) is 0 Å². The van der Waals surface area contributed by atoms with Crippen LogP contribution in [0.4, 0.5) is 0 Å². The number of primary amides is 1. The lowest BCUT2D eigenvalue weighted by Crippen LogP contribution is -2.26. The Kier molecular flexibility index (Phi) is 2.48. The molecule has 0 unspecified atom stereocenters. The number of rotatable bonds is 4. The Bertz CT molecular complexity index is 319. The fourth-order valence-electron chi connectivity index (χ4n) is 1.77. The molecule has 0 spiro atoms. The van der Waals surface area contributed by atoms with Gasteiger partial charge in [0.1, 0.15) is 0 Å². The van der Waals surface area contributed by atoms with Crippen LogP contribution in [0.15, 0.2) is 24.5 Å². The van der Waals surface area contributed by atoms with Crippen molar-refractivity contribution in [3.63, 3.8) is 0 Å². The summed E-state index contributed by atoms with van der Waals surface area (Å²) < 4.78 is 0. The zero-order valence-electron chi connectivity index (χ0n) is 8.02. The topological polar surface area (TPSA) is 56.0 Å². The normalized spacial score (nSPS) is 17.7. The van der Waals surface area contributed by atoms with Crippen LogP contribution in [0.5, 0.6) is 0 Å². The van der Waals surface area contributed by atoms with Crippen LogP contribution in [-0.2, 0) is 11.2 Å². The van der Waals surface area contributed by atoms with Crippen molar-refractivity contribution in [1.82, 2.24) is 4.98 Å². The fourth-order valence-corrected chi connectivity index (χ4v) is 1.77. The fraction of sp³-hybridized carbons (Fsp3) is 0.455. The molecule has 1 aliphatic carbocycles. The van der Waals surface area contributed by atoms with Crippen molar-refractivity contribution in [3.05, 3.63) is 30.1 Å². The van der Waals surface area contributed by atoms with Gasteiger partial charge in [-0.25, -0.2) is 0 Å². The molecule has 1 aromatic heterocycles. The van der Waals surface area contributed by atoms with Crippen molar-refractivity contribution in [3.8, 4) is 0 Å². The van der Waals surface area contributed by atoms with Gasteiger partial charge in [-0.05, 0) is 36.8 Å². The van der Waals surface area contributed by atoms with E-state index in [0.717, 1.165) is 24.8 Å². The molecule has 3 nitrogen and oxygen atoms in total. The van der Waals surface area contributed by atoms with Crippen LogP contribution in [0.1, 0.15) is 18.4 Å². The van der Waals surface area contributed by atoms with E-state index in [-0.39, 0.29) is 11.8 Å². The zero-order chi connectivity index (χ0) is 9.97. The molecular weight excluding hydrogens is 176 g/mol. The minimum atomic E-state index is -0.170. The third-order valence-electron chi connectivity index (χ3n) is 2.73. The summed E-state index contributed by atoms with van der Waals surface area (Å²) in [5.41, 5.74) is 6.47. The molecule has 14 heavy (non-hydrogen) atoms. The van der Waals surface area contributed by atoms with E-state index < -0.39 is 0 Å². The molecule has 3 heteroatoms. The molecule has 1 aliphatic rings. The highest BCUT2D eigenvalue weighted by molar-refractivity contribution is 5.77. The molecule has 1 aromatic rings. The minimum absolute atomic E-state index is 0.0131. The van der Waals surface area contributed by atoms with E-state index in [2.05, 4.69) is 4.98 Å². The molecule has 2 N–H and O–H groups in total. The van der Waals surface area contributed by atoms with E-state index in [9.17, 15) is 4.79 Å². The van der Waals surface area contributed by atoms with E-state index >= 15 is 0 Å². The standard InChI is InChI=1S/C11H14N2O/c12-11(14)10(9-3-4-9)6-8-2-1-5-13-7-8/h1-2,5,7,9-10H,3-4,6H2,(H2,12,14)/t10-/m1/s1. The number of hydrogen-bond acceptors (Lipinski definition) is 2. The Morgan fingerprint density at radius 2 is 2.43 bits per heavy atom. The van der Waals surface area contributed by atoms with Crippen molar-refractivity contribution < 1.29 is 4.79 Å². The predicted molar refractivity (Wildman–Crippen MR) is 53.3 cm³/mol. The van der Waals surface area contributed by atoms with Crippen LogP contribution in [0, 0.1) is 11.8 Å². The number of aromatic nitrogens is 1. The number of nitrogens with zero attached hydrogens (tertiary/aromatic N) is 1. The largest absolute Gasteiger partial charge is 0.369 e. The highest BCUT2D eigenvalue weighted by atomic mass is 16.1. The molecule has 0 radical (unpaired) electrons. The number of nitrogens with two attached hydrogens (primary N) is 1. The Morgan fingerprint density at radius 3 is 2.93 bits per heavy atom. The number of amides is 1. The maximum absolute atomic E-state index is 11.2. The SMILES string of the molecule is NC(=O)[C@H](Cc1cccnc1)C1CC1. The first-order valence-electron chi connectivity index (χ1n) is 4.95. The van der Waals surface area contributed by atoms with Crippen LogP contribution >= 0.6 is 0 Å². The minimum Gasteiger partial charge on any atom is -0.369 e. The molecule has 2 rings (SSSR count). The van der Waals surface area contributed by atoms with Gasteiger partial charge in [0, 0.05) is 18.3 Å². The Morgan fingerprint density at radius 1 is 1.64 bits per heavy atom. The third kappa shape index (κ3) is 2.10. The maximum atomic E-state index is 11.2. The summed E-state index contributed by atoms with van der Waals surface area (Å²) in [6.45, 7) is 0. The third-order valence-corrected chi connectivity index (χ3v) is 2.73. The monoisotopic (exact) mass is 190 g/mol. The van der Waals surface area contributed by atoms with E-state index in [1.807, 2.05) is 12.1 Å². The maximum Gasteiger partial charge on any atom is 0.221 e. The first kappa shape index (κ1) is 9.19. The summed E-state index contributed by atoms with van der Waals surface area (Å²) >= 11 is 0. The van der Waals surface area contributed by atoms with Crippen LogP contribution in [0.25, 0.3) is 0 Å². The Hall–Kier alpha value is -1.38. The van der Waals surface area contributed by atoms with Gasteiger partial charge in [-0.15, -0.1) is 0 Å². The Labute approximate surface area is 83.3 Å². The number of carbonyl (C=O) groups is 1. The second-order valence-electron chi connectivity index (χ2n) is 3.91. The quantitative estimate of drug-likeness (QED) is 0.773. The van der Waals surface area contributed by atoms with Crippen molar-refractivity contribution in [1.29, 1.82) is 0 Å². The van der Waals surface area contributed by atoms with Gasteiger partial charge in [-0.1, -0.05) is 6.07 Å². The average molecular weight is 190 g/mol. The van der Waals surface area contributed by atoms with Gasteiger partial charge in [0.2, 0.25) is 5.91 Å². The van der Waals surface area contributed by atoms with Crippen LogP contribution in [0.3, 0.4) is 0 Å². The highest BCUT2D eigenvalue weighted by Crippen LogP contribution is 2.38. The van der Waals surface area contributed by atoms with Gasteiger partial charge in [-0.3, -0.25) is 9.78 Å². The Balaban J connectivity index is 2.04. The molecule has 0 bridgehead atoms. The average Bonchev–Trinajstić information content (AvgIpc) is 2.99. The first-order chi connectivity index (χ1) is 6.77. The molecule has 0 aliphatic heterocycles. The lowest BCUT2D eigenvalue weighted by atomic mass is 9.95. The first-order valence-corrected chi connectivity index (χ1v) is 4.95. The zero-order valence-corrected chi connectivity index (χ0v) is 8.02. The second kappa shape index (κ2) is 3.78. The molecular formula is C11H14N2O. The van der Waals surface area contributed by atoms with Gasteiger partial charge >= 0.3 is 0 Å². The number of hydrogen-bond donors (Lipinski definition) is 1. The van der Waals surface area contributed by atoms with Crippen LogP contribution in [0.2, 0.25) is 0 Å². The van der Waals surface area contributed by atoms with E-state index in [0.29, 0.717) is 5.92 Å². The van der Waals surface area contributed by atoms with E-state index in [1.165, 1.54) is 0 Å².